The fraction of sp³-hybridized carbons (Fsp3) is 0.400. The molecule has 0 saturated heterocycles. The maximum atomic E-state index is 12.7. The molecule has 0 aliphatic heterocycles. The van der Waals surface area contributed by atoms with Gasteiger partial charge in [-0.3, -0.25) is 0 Å². The van der Waals surface area contributed by atoms with Gasteiger partial charge in [-0.15, -0.1) is 0 Å². The third-order valence-electron chi connectivity index (χ3n) is 5.03. The maximum Gasteiger partial charge on any atom is 0.240 e. The summed E-state index contributed by atoms with van der Waals surface area (Å²) in [5.74, 6) is 0. The third-order valence-corrected chi connectivity index (χ3v) is 6.53. The van der Waals surface area contributed by atoms with Gasteiger partial charge in [0, 0.05) is 24.8 Å². The van der Waals surface area contributed by atoms with E-state index in [0.717, 1.165) is 31.4 Å². The second-order valence-electron chi connectivity index (χ2n) is 6.84. The van der Waals surface area contributed by atoms with Crippen LogP contribution in [0.3, 0.4) is 0 Å². The molecule has 134 valence electrons. The van der Waals surface area contributed by atoms with Crippen LogP contribution in [0, 0.1) is 6.92 Å². The Hall–Kier alpha value is -1.85. The number of aryl methyl sites for hydroxylation is 1. The van der Waals surface area contributed by atoms with Crippen LogP contribution in [0.25, 0.3) is 0 Å². The summed E-state index contributed by atoms with van der Waals surface area (Å²) < 4.78 is 28.4. The van der Waals surface area contributed by atoms with E-state index in [1.54, 1.807) is 24.3 Å². The summed E-state index contributed by atoms with van der Waals surface area (Å²) in [6.07, 6.45) is 4.05. The van der Waals surface area contributed by atoms with Crippen molar-refractivity contribution in [3.63, 3.8) is 0 Å². The molecule has 1 aliphatic rings. The molecule has 1 fully saturated rings. The van der Waals surface area contributed by atoms with Gasteiger partial charge < -0.3 is 4.90 Å². The lowest BCUT2D eigenvalue weighted by molar-refractivity contribution is 0.351. The van der Waals surface area contributed by atoms with E-state index >= 15 is 0 Å². The van der Waals surface area contributed by atoms with Gasteiger partial charge in [0.2, 0.25) is 10.0 Å². The van der Waals surface area contributed by atoms with Crippen molar-refractivity contribution in [3.05, 3.63) is 60.2 Å². The van der Waals surface area contributed by atoms with Gasteiger partial charge in [-0.2, -0.15) is 0 Å². The Labute approximate surface area is 150 Å². The molecule has 0 bridgehead atoms. The summed E-state index contributed by atoms with van der Waals surface area (Å²) in [5.41, 5.74) is 2.35. The van der Waals surface area contributed by atoms with E-state index in [1.807, 2.05) is 6.07 Å². The maximum absolute atomic E-state index is 12.7. The van der Waals surface area contributed by atoms with Crippen LogP contribution in [0.2, 0.25) is 0 Å². The summed E-state index contributed by atoms with van der Waals surface area (Å²) in [6.45, 7) is 2.07. The van der Waals surface area contributed by atoms with Crippen molar-refractivity contribution in [2.24, 2.45) is 0 Å². The predicted molar refractivity (Wildman–Crippen MR) is 102 cm³/mol. The Morgan fingerprint density at radius 3 is 2.28 bits per heavy atom. The van der Waals surface area contributed by atoms with Crippen molar-refractivity contribution in [2.45, 2.75) is 49.6 Å². The molecule has 1 saturated carbocycles. The molecule has 25 heavy (non-hydrogen) atoms. The van der Waals surface area contributed by atoms with Crippen molar-refractivity contribution >= 4 is 15.7 Å². The van der Waals surface area contributed by atoms with Crippen LogP contribution in [0.1, 0.15) is 31.2 Å². The Balaban J connectivity index is 1.80. The molecule has 0 radical (unpaired) electrons. The van der Waals surface area contributed by atoms with Crippen LogP contribution in [0.5, 0.6) is 0 Å². The summed E-state index contributed by atoms with van der Waals surface area (Å²) in [4.78, 5) is 2.55. The van der Waals surface area contributed by atoms with Crippen LogP contribution in [-0.2, 0) is 10.0 Å². The third kappa shape index (κ3) is 4.22. The zero-order chi connectivity index (χ0) is 17.9. The zero-order valence-electron chi connectivity index (χ0n) is 14.9. The molecular formula is C20H26N2O2S. The van der Waals surface area contributed by atoms with Crippen LogP contribution in [0.15, 0.2) is 59.5 Å². The van der Waals surface area contributed by atoms with E-state index in [4.69, 9.17) is 0 Å². The lowest BCUT2D eigenvalue weighted by atomic mass is 9.90. The average Bonchev–Trinajstić information content (AvgIpc) is 2.63. The Morgan fingerprint density at radius 1 is 0.960 bits per heavy atom. The number of hydrogen-bond acceptors (Lipinski definition) is 3. The molecule has 0 amide bonds. The molecule has 5 heteroatoms. The van der Waals surface area contributed by atoms with E-state index in [0.29, 0.717) is 4.90 Å². The number of rotatable bonds is 5. The lowest BCUT2D eigenvalue weighted by Crippen LogP contribution is -2.52. The standard InChI is InChI=1S/C20H26N2O2S/c1-16-12-14-17(15-13-16)22(2)20-11-7-6-10-19(20)21-25(23,24)18-8-4-3-5-9-18/h3-5,8-9,12-15,19-21H,6-7,10-11H2,1-2H3/t19-,20-/m1/s1. The van der Waals surface area contributed by atoms with Gasteiger partial charge in [0.25, 0.3) is 0 Å². The molecule has 2 atom stereocenters. The number of sulfonamides is 1. The van der Waals surface area contributed by atoms with E-state index in [1.165, 1.54) is 5.56 Å². The quantitative estimate of drug-likeness (QED) is 0.886. The fourth-order valence-corrected chi connectivity index (χ4v) is 4.88. The number of nitrogens with zero attached hydrogens (tertiary/aromatic N) is 1. The predicted octanol–water partition coefficient (Wildman–Crippen LogP) is 3.72. The van der Waals surface area contributed by atoms with Crippen LogP contribution >= 0.6 is 0 Å². The first kappa shape index (κ1) is 18.0. The molecule has 1 aliphatic carbocycles. The molecule has 4 nitrogen and oxygen atoms in total. The van der Waals surface area contributed by atoms with E-state index in [2.05, 4.69) is 47.9 Å². The van der Waals surface area contributed by atoms with Crippen molar-refractivity contribution in [2.75, 3.05) is 11.9 Å². The van der Waals surface area contributed by atoms with Crippen molar-refractivity contribution < 1.29 is 8.42 Å². The minimum absolute atomic E-state index is 0.0785. The van der Waals surface area contributed by atoms with Gasteiger partial charge in [-0.1, -0.05) is 48.7 Å². The lowest BCUT2D eigenvalue weighted by Gasteiger charge is -2.39. The van der Waals surface area contributed by atoms with Crippen LogP contribution in [0.4, 0.5) is 5.69 Å². The number of benzene rings is 2. The Bertz CT molecular complexity index is 788. The fourth-order valence-electron chi connectivity index (χ4n) is 3.55. The van der Waals surface area contributed by atoms with Gasteiger partial charge >= 0.3 is 0 Å². The van der Waals surface area contributed by atoms with Gasteiger partial charge in [-0.25, -0.2) is 13.1 Å². The number of likely N-dealkylation sites (N-methyl/N-ethyl adjacent to an activating group) is 1. The van der Waals surface area contributed by atoms with Gasteiger partial charge in [0.1, 0.15) is 0 Å². The number of anilines is 1. The molecule has 2 aromatic carbocycles. The smallest absolute Gasteiger partial charge is 0.240 e. The van der Waals surface area contributed by atoms with Gasteiger partial charge in [-0.05, 0) is 44.0 Å². The van der Waals surface area contributed by atoms with Crippen molar-refractivity contribution in [3.8, 4) is 0 Å². The number of nitrogens with one attached hydrogen (secondary N) is 1. The highest BCUT2D eigenvalue weighted by Crippen LogP contribution is 2.28. The highest BCUT2D eigenvalue weighted by atomic mass is 32.2. The first-order valence-corrected chi connectivity index (χ1v) is 10.3. The van der Waals surface area contributed by atoms with Gasteiger partial charge in [0.15, 0.2) is 0 Å². The topological polar surface area (TPSA) is 49.4 Å². The highest BCUT2D eigenvalue weighted by Gasteiger charge is 2.32. The molecule has 0 aromatic heterocycles. The summed E-state index contributed by atoms with van der Waals surface area (Å²) >= 11 is 0. The van der Waals surface area contributed by atoms with Crippen molar-refractivity contribution in [1.29, 1.82) is 0 Å². The van der Waals surface area contributed by atoms with E-state index in [9.17, 15) is 8.42 Å². The minimum atomic E-state index is -3.49. The molecule has 2 aromatic rings. The summed E-state index contributed by atoms with van der Waals surface area (Å²) in [5, 5.41) is 0. The first-order chi connectivity index (χ1) is 12.0. The highest BCUT2D eigenvalue weighted by molar-refractivity contribution is 7.89. The van der Waals surface area contributed by atoms with Crippen molar-refractivity contribution in [1.82, 2.24) is 4.72 Å². The SMILES string of the molecule is Cc1ccc(N(C)[C@@H]2CCCC[C@H]2NS(=O)(=O)c2ccccc2)cc1. The Kier molecular flexibility index (Phi) is 5.45. The molecular weight excluding hydrogens is 332 g/mol. The Morgan fingerprint density at radius 2 is 1.60 bits per heavy atom. The van der Waals surface area contributed by atoms with Crippen LogP contribution < -0.4 is 9.62 Å². The van der Waals surface area contributed by atoms with E-state index in [-0.39, 0.29) is 12.1 Å². The first-order valence-electron chi connectivity index (χ1n) is 8.84. The molecule has 0 heterocycles. The molecule has 1 N–H and O–H groups in total. The largest absolute Gasteiger partial charge is 0.370 e. The minimum Gasteiger partial charge on any atom is -0.370 e. The van der Waals surface area contributed by atoms with E-state index < -0.39 is 10.0 Å². The second-order valence-corrected chi connectivity index (χ2v) is 8.55. The summed E-state index contributed by atoms with van der Waals surface area (Å²) in [7, 11) is -1.43. The summed E-state index contributed by atoms with van der Waals surface area (Å²) in [6, 6.07) is 17.1. The zero-order valence-corrected chi connectivity index (χ0v) is 15.7. The molecule has 0 spiro atoms. The molecule has 3 rings (SSSR count). The number of hydrogen-bond donors (Lipinski definition) is 1. The van der Waals surface area contributed by atoms with Gasteiger partial charge in [0.05, 0.1) is 4.90 Å². The molecule has 0 unspecified atom stereocenters. The normalized spacial score (nSPS) is 21.0. The van der Waals surface area contributed by atoms with Crippen LogP contribution in [-0.4, -0.2) is 27.5 Å². The second kappa shape index (κ2) is 7.58. The monoisotopic (exact) mass is 358 g/mol. The average molecular weight is 359 g/mol.